The van der Waals surface area contributed by atoms with Crippen molar-refractivity contribution in [1.29, 1.82) is 0 Å². The van der Waals surface area contributed by atoms with Crippen LogP contribution in [0.2, 0.25) is 0 Å². The highest BCUT2D eigenvalue weighted by Crippen LogP contribution is 2.49. The predicted octanol–water partition coefficient (Wildman–Crippen LogP) is 0.584. The summed E-state index contributed by atoms with van der Waals surface area (Å²) >= 11 is 0. The van der Waals surface area contributed by atoms with Crippen LogP contribution in [-0.2, 0) is 19.2 Å². The molecule has 1 amide bonds. The number of carbonyl (C=O) groups is 3. The lowest BCUT2D eigenvalue weighted by molar-refractivity contribution is -0.141. The van der Waals surface area contributed by atoms with Crippen molar-refractivity contribution in [3.05, 3.63) is 0 Å². The summed E-state index contributed by atoms with van der Waals surface area (Å²) in [4.78, 5) is 39.1. The third-order valence-electron chi connectivity index (χ3n) is 3.51. The highest BCUT2D eigenvalue weighted by molar-refractivity contribution is 6.35. The van der Waals surface area contributed by atoms with Crippen molar-refractivity contribution in [2.45, 2.75) is 50.9 Å². The standard InChI is InChI=1S/C13H18N2O7/c1-12(2,3)21-11(20)14-13(10(18)19)5-6(13)8-4-7(9(16)17)15-22-8/h6,8H,4-5H2,1-3H3,(H,14,20)(H,16,17)(H,18,19)/t6-,8-,13+/m0/s1. The van der Waals surface area contributed by atoms with Crippen molar-refractivity contribution >= 4 is 23.7 Å². The number of rotatable bonds is 4. The van der Waals surface area contributed by atoms with Crippen LogP contribution in [0.5, 0.6) is 0 Å². The van der Waals surface area contributed by atoms with E-state index < -0.39 is 41.2 Å². The number of hydrogen-bond donors (Lipinski definition) is 3. The molecule has 0 unspecified atom stereocenters. The van der Waals surface area contributed by atoms with Gasteiger partial charge < -0.3 is 25.1 Å². The second-order valence-electron chi connectivity index (χ2n) is 6.41. The molecule has 1 saturated carbocycles. The highest BCUT2D eigenvalue weighted by atomic mass is 16.6. The average Bonchev–Trinajstić information content (AvgIpc) is 2.85. The van der Waals surface area contributed by atoms with E-state index in [9.17, 15) is 19.5 Å². The van der Waals surface area contributed by atoms with Gasteiger partial charge in [0.2, 0.25) is 0 Å². The van der Waals surface area contributed by atoms with E-state index in [4.69, 9.17) is 14.7 Å². The summed E-state index contributed by atoms with van der Waals surface area (Å²) in [6.45, 7) is 4.99. The van der Waals surface area contributed by atoms with Gasteiger partial charge in [-0.25, -0.2) is 14.4 Å². The fourth-order valence-corrected chi connectivity index (χ4v) is 2.40. The molecular weight excluding hydrogens is 296 g/mol. The molecule has 0 bridgehead atoms. The number of carboxylic acids is 2. The van der Waals surface area contributed by atoms with Gasteiger partial charge in [-0.15, -0.1) is 0 Å². The van der Waals surface area contributed by atoms with Crippen LogP contribution in [0.15, 0.2) is 5.16 Å². The van der Waals surface area contributed by atoms with E-state index in [2.05, 4.69) is 10.5 Å². The Morgan fingerprint density at radius 3 is 2.45 bits per heavy atom. The Morgan fingerprint density at radius 2 is 2.00 bits per heavy atom. The second kappa shape index (κ2) is 5.15. The zero-order valence-corrected chi connectivity index (χ0v) is 12.5. The van der Waals surface area contributed by atoms with Gasteiger partial charge in [0.05, 0.1) is 0 Å². The van der Waals surface area contributed by atoms with Crippen LogP contribution in [-0.4, -0.2) is 51.2 Å². The van der Waals surface area contributed by atoms with Gasteiger partial charge in [-0.2, -0.15) is 0 Å². The van der Waals surface area contributed by atoms with Crippen LogP contribution >= 0.6 is 0 Å². The maximum Gasteiger partial charge on any atom is 0.408 e. The third kappa shape index (κ3) is 3.12. The van der Waals surface area contributed by atoms with Crippen LogP contribution < -0.4 is 5.32 Å². The quantitative estimate of drug-likeness (QED) is 0.691. The van der Waals surface area contributed by atoms with Crippen LogP contribution in [0.3, 0.4) is 0 Å². The fourth-order valence-electron chi connectivity index (χ4n) is 2.40. The molecule has 1 aliphatic heterocycles. The normalized spacial score (nSPS) is 30.0. The monoisotopic (exact) mass is 314 g/mol. The number of carboxylic acid groups (broad SMARTS) is 2. The molecule has 0 radical (unpaired) electrons. The van der Waals surface area contributed by atoms with E-state index >= 15 is 0 Å². The first-order chi connectivity index (χ1) is 10.0. The van der Waals surface area contributed by atoms with Gasteiger partial charge in [0.1, 0.15) is 17.2 Å². The lowest BCUT2D eigenvalue weighted by Gasteiger charge is -2.23. The predicted molar refractivity (Wildman–Crippen MR) is 72.4 cm³/mol. The number of alkyl carbamates (subject to hydrolysis) is 1. The summed E-state index contributed by atoms with van der Waals surface area (Å²) in [6, 6.07) is 0. The molecule has 1 fully saturated rings. The summed E-state index contributed by atoms with van der Waals surface area (Å²) in [6.07, 6.45) is -1.38. The van der Waals surface area contributed by atoms with E-state index in [0.29, 0.717) is 0 Å². The number of nitrogens with zero attached hydrogens (tertiary/aromatic N) is 1. The summed E-state index contributed by atoms with van der Waals surface area (Å²) < 4.78 is 5.06. The Labute approximate surface area is 126 Å². The molecule has 0 saturated heterocycles. The van der Waals surface area contributed by atoms with Crippen LogP contribution in [0.4, 0.5) is 4.79 Å². The van der Waals surface area contributed by atoms with Crippen LogP contribution in [0.25, 0.3) is 0 Å². The number of nitrogens with one attached hydrogen (secondary N) is 1. The van der Waals surface area contributed by atoms with E-state index in [1.54, 1.807) is 20.8 Å². The fraction of sp³-hybridized carbons (Fsp3) is 0.692. The number of carbonyl (C=O) groups excluding carboxylic acids is 1. The summed E-state index contributed by atoms with van der Waals surface area (Å²) in [5, 5.41) is 24.0. The first-order valence-corrected chi connectivity index (χ1v) is 6.76. The molecule has 0 aromatic heterocycles. The molecule has 0 aromatic rings. The Hall–Kier alpha value is -2.32. The minimum Gasteiger partial charge on any atom is -0.479 e. The molecule has 2 rings (SSSR count). The molecule has 122 valence electrons. The van der Waals surface area contributed by atoms with Gasteiger partial charge in [0.15, 0.2) is 5.71 Å². The van der Waals surface area contributed by atoms with E-state index in [1.165, 1.54) is 0 Å². The van der Waals surface area contributed by atoms with Gasteiger partial charge in [0, 0.05) is 12.3 Å². The average molecular weight is 314 g/mol. The topological polar surface area (TPSA) is 135 Å². The SMILES string of the molecule is CC(C)(C)OC(=O)N[C@]1(C(=O)O)C[C@H]1[C@@H]1CC(C(=O)O)=NO1. The molecule has 1 heterocycles. The summed E-state index contributed by atoms with van der Waals surface area (Å²) in [5.74, 6) is -2.97. The van der Waals surface area contributed by atoms with Crippen molar-refractivity contribution in [2.75, 3.05) is 0 Å². The maximum atomic E-state index is 11.8. The summed E-state index contributed by atoms with van der Waals surface area (Å²) in [5.41, 5.74) is -2.41. The van der Waals surface area contributed by atoms with Crippen molar-refractivity contribution in [2.24, 2.45) is 11.1 Å². The zero-order chi connectivity index (χ0) is 16.7. The molecular formula is C13H18N2O7. The van der Waals surface area contributed by atoms with Gasteiger partial charge in [-0.3, -0.25) is 0 Å². The van der Waals surface area contributed by atoms with Crippen molar-refractivity contribution in [3.8, 4) is 0 Å². The van der Waals surface area contributed by atoms with Gasteiger partial charge in [-0.1, -0.05) is 5.16 Å². The van der Waals surface area contributed by atoms with Gasteiger partial charge in [0.25, 0.3) is 0 Å². The van der Waals surface area contributed by atoms with Gasteiger partial charge in [-0.05, 0) is 27.2 Å². The first-order valence-electron chi connectivity index (χ1n) is 6.76. The Bertz CT molecular complexity index is 551. The minimum atomic E-state index is -1.50. The molecule has 1 aliphatic carbocycles. The number of amides is 1. The van der Waals surface area contributed by atoms with Gasteiger partial charge >= 0.3 is 18.0 Å². The smallest absolute Gasteiger partial charge is 0.408 e. The molecule has 3 atom stereocenters. The number of oxime groups is 1. The molecule has 22 heavy (non-hydrogen) atoms. The zero-order valence-electron chi connectivity index (χ0n) is 12.5. The Morgan fingerprint density at radius 1 is 1.36 bits per heavy atom. The van der Waals surface area contributed by atoms with Crippen LogP contribution in [0.1, 0.15) is 33.6 Å². The third-order valence-corrected chi connectivity index (χ3v) is 3.51. The van der Waals surface area contributed by atoms with Crippen molar-refractivity contribution < 1.29 is 34.2 Å². The minimum absolute atomic E-state index is 0.00499. The first kappa shape index (κ1) is 16.1. The summed E-state index contributed by atoms with van der Waals surface area (Å²) in [7, 11) is 0. The molecule has 0 aromatic carbocycles. The molecule has 3 N–H and O–H groups in total. The van der Waals surface area contributed by atoms with E-state index in [1.807, 2.05) is 0 Å². The van der Waals surface area contributed by atoms with E-state index in [-0.39, 0.29) is 18.6 Å². The van der Waals surface area contributed by atoms with Crippen molar-refractivity contribution in [3.63, 3.8) is 0 Å². The van der Waals surface area contributed by atoms with Crippen molar-refractivity contribution in [1.82, 2.24) is 5.32 Å². The number of aliphatic carboxylic acids is 2. The maximum absolute atomic E-state index is 11.8. The Balaban J connectivity index is 2.01. The molecule has 2 aliphatic rings. The lowest BCUT2D eigenvalue weighted by Crippen LogP contribution is -2.48. The van der Waals surface area contributed by atoms with Crippen LogP contribution in [0, 0.1) is 5.92 Å². The molecule has 9 nitrogen and oxygen atoms in total. The number of hydrogen-bond acceptors (Lipinski definition) is 6. The second-order valence-corrected chi connectivity index (χ2v) is 6.41. The van der Waals surface area contributed by atoms with E-state index in [0.717, 1.165) is 0 Å². The lowest BCUT2D eigenvalue weighted by atomic mass is 10.0. The largest absolute Gasteiger partial charge is 0.479 e. The molecule has 9 heteroatoms. The number of ether oxygens (including phenoxy) is 1. The highest BCUT2D eigenvalue weighted by Gasteiger charge is 2.66. The Kier molecular flexibility index (Phi) is 3.76. The molecule has 0 spiro atoms.